The number of nitrogens with zero attached hydrogens (tertiary/aromatic N) is 5. The molecule has 3 aromatic rings. The van der Waals surface area contributed by atoms with E-state index in [2.05, 4.69) is 19.9 Å². The van der Waals surface area contributed by atoms with E-state index in [1.165, 1.54) is 7.11 Å². The highest BCUT2D eigenvalue weighted by Gasteiger charge is 2.10. The molecule has 0 aliphatic rings. The van der Waals surface area contributed by atoms with Gasteiger partial charge in [0, 0.05) is 12.4 Å². The maximum Gasteiger partial charge on any atom is 0.321 e. The van der Waals surface area contributed by atoms with E-state index in [0.717, 1.165) is 11.3 Å². The second-order valence-electron chi connectivity index (χ2n) is 3.57. The first-order valence-corrected chi connectivity index (χ1v) is 5.26. The van der Waals surface area contributed by atoms with Crippen molar-refractivity contribution in [2.45, 2.75) is 0 Å². The van der Waals surface area contributed by atoms with Crippen molar-refractivity contribution >= 4 is 11.6 Å². The van der Waals surface area contributed by atoms with E-state index in [1.807, 2.05) is 28.8 Å². The molecule has 0 saturated carbocycles. The third-order valence-electron chi connectivity index (χ3n) is 2.47. The highest BCUT2D eigenvalue weighted by molar-refractivity contribution is 5.57. The van der Waals surface area contributed by atoms with E-state index in [0.29, 0.717) is 5.82 Å². The van der Waals surface area contributed by atoms with Gasteiger partial charge in [0.2, 0.25) is 5.95 Å². The van der Waals surface area contributed by atoms with Gasteiger partial charge in [-0.15, -0.1) is 0 Å². The van der Waals surface area contributed by atoms with Crippen LogP contribution in [-0.2, 0) is 0 Å². The normalized spacial score (nSPS) is 10.7. The van der Waals surface area contributed by atoms with Crippen LogP contribution in [0.4, 0.5) is 5.95 Å². The number of nitrogens with two attached hydrogens (primary N) is 1. The second kappa shape index (κ2) is 3.95. The number of anilines is 1. The summed E-state index contributed by atoms with van der Waals surface area (Å²) in [5.74, 6) is 0.567. The van der Waals surface area contributed by atoms with Crippen LogP contribution in [-0.4, -0.2) is 31.4 Å². The Balaban J connectivity index is 2.25. The summed E-state index contributed by atoms with van der Waals surface area (Å²) in [6.45, 7) is 0. The molecule has 0 amide bonds. The van der Waals surface area contributed by atoms with Crippen LogP contribution in [0.15, 0.2) is 30.6 Å². The fraction of sp³-hybridized carbons (Fsp3) is 0.0909. The summed E-state index contributed by atoms with van der Waals surface area (Å²) in [5, 5.41) is 0. The summed E-state index contributed by atoms with van der Waals surface area (Å²) in [6, 6.07) is 5.84. The van der Waals surface area contributed by atoms with Gasteiger partial charge in [-0.25, -0.2) is 4.98 Å². The zero-order valence-corrected chi connectivity index (χ0v) is 9.61. The Morgan fingerprint density at radius 2 is 2.11 bits per heavy atom. The number of imidazole rings is 1. The molecule has 3 heterocycles. The molecule has 18 heavy (non-hydrogen) atoms. The largest absolute Gasteiger partial charge is 0.467 e. The van der Waals surface area contributed by atoms with Crippen LogP contribution in [0.25, 0.3) is 17.2 Å². The van der Waals surface area contributed by atoms with Crippen molar-refractivity contribution in [3.63, 3.8) is 0 Å². The number of ether oxygens (including phenoxy) is 1. The first-order chi connectivity index (χ1) is 8.78. The van der Waals surface area contributed by atoms with E-state index in [1.54, 1.807) is 6.20 Å². The van der Waals surface area contributed by atoms with Crippen molar-refractivity contribution in [1.82, 2.24) is 24.3 Å². The Labute approximate surface area is 102 Å². The van der Waals surface area contributed by atoms with E-state index in [9.17, 15) is 0 Å². The quantitative estimate of drug-likeness (QED) is 0.714. The first kappa shape index (κ1) is 10.5. The van der Waals surface area contributed by atoms with Crippen LogP contribution in [0.5, 0.6) is 6.01 Å². The molecule has 3 rings (SSSR count). The van der Waals surface area contributed by atoms with Gasteiger partial charge in [0.25, 0.3) is 0 Å². The Bertz CT molecular complexity index is 708. The lowest BCUT2D eigenvalue weighted by Crippen LogP contribution is -2.04. The standard InChI is InChI=1S/C11H10N6O/c1-18-11-15-9(14-10(12)16-11)7-3-2-4-8-13-5-6-17(7)8/h2-6H,1H3,(H2,12,14,15,16). The molecule has 0 fully saturated rings. The smallest absolute Gasteiger partial charge is 0.321 e. The maximum atomic E-state index is 5.62. The van der Waals surface area contributed by atoms with Crippen molar-refractivity contribution < 1.29 is 4.74 Å². The van der Waals surface area contributed by atoms with Crippen LogP contribution < -0.4 is 10.5 Å². The topological polar surface area (TPSA) is 91.2 Å². The highest BCUT2D eigenvalue weighted by Crippen LogP contribution is 2.18. The van der Waals surface area contributed by atoms with Crippen LogP contribution in [0, 0.1) is 0 Å². The van der Waals surface area contributed by atoms with Crippen LogP contribution in [0.2, 0.25) is 0 Å². The Hall–Kier alpha value is -2.70. The summed E-state index contributed by atoms with van der Waals surface area (Å²) in [7, 11) is 1.48. The lowest BCUT2D eigenvalue weighted by Gasteiger charge is -2.05. The van der Waals surface area contributed by atoms with Crippen LogP contribution >= 0.6 is 0 Å². The molecule has 0 bridgehead atoms. The minimum atomic E-state index is 0.119. The molecule has 90 valence electrons. The predicted molar refractivity (Wildman–Crippen MR) is 65.0 cm³/mol. The molecular weight excluding hydrogens is 232 g/mol. The summed E-state index contributed by atoms with van der Waals surface area (Å²) in [5.41, 5.74) is 7.21. The Kier molecular flexibility index (Phi) is 2.30. The lowest BCUT2D eigenvalue weighted by atomic mass is 10.3. The predicted octanol–water partition coefficient (Wildman–Crippen LogP) is 0.777. The molecule has 2 N–H and O–H groups in total. The third kappa shape index (κ3) is 1.61. The number of pyridine rings is 1. The van der Waals surface area contributed by atoms with Crippen molar-refractivity contribution in [2.75, 3.05) is 12.8 Å². The lowest BCUT2D eigenvalue weighted by molar-refractivity contribution is 0.379. The number of aromatic nitrogens is 5. The van der Waals surface area contributed by atoms with E-state index in [4.69, 9.17) is 10.5 Å². The number of hydrogen-bond donors (Lipinski definition) is 1. The van der Waals surface area contributed by atoms with Crippen molar-refractivity contribution in [3.05, 3.63) is 30.6 Å². The van der Waals surface area contributed by atoms with Crippen molar-refractivity contribution in [1.29, 1.82) is 0 Å². The van der Waals surface area contributed by atoms with Gasteiger partial charge in [-0.2, -0.15) is 15.0 Å². The molecule has 0 atom stereocenters. The minimum Gasteiger partial charge on any atom is -0.467 e. The minimum absolute atomic E-state index is 0.119. The molecule has 3 aromatic heterocycles. The molecule has 0 aliphatic heterocycles. The monoisotopic (exact) mass is 242 g/mol. The molecule has 0 radical (unpaired) electrons. The summed E-state index contributed by atoms with van der Waals surface area (Å²) >= 11 is 0. The van der Waals surface area contributed by atoms with Crippen LogP contribution in [0.3, 0.4) is 0 Å². The molecule has 0 unspecified atom stereocenters. The molecule has 7 nitrogen and oxygen atoms in total. The Morgan fingerprint density at radius 3 is 2.94 bits per heavy atom. The zero-order valence-electron chi connectivity index (χ0n) is 9.61. The average Bonchev–Trinajstić information content (AvgIpc) is 2.85. The maximum absolute atomic E-state index is 5.62. The zero-order chi connectivity index (χ0) is 12.5. The van der Waals surface area contributed by atoms with E-state index < -0.39 is 0 Å². The molecule has 7 heteroatoms. The van der Waals surface area contributed by atoms with Gasteiger partial charge >= 0.3 is 6.01 Å². The third-order valence-corrected chi connectivity index (χ3v) is 2.47. The molecule has 0 saturated heterocycles. The first-order valence-electron chi connectivity index (χ1n) is 5.26. The van der Waals surface area contributed by atoms with Crippen molar-refractivity contribution in [3.8, 4) is 17.5 Å². The van der Waals surface area contributed by atoms with Gasteiger partial charge in [-0.3, -0.25) is 4.40 Å². The fourth-order valence-electron chi connectivity index (χ4n) is 1.71. The Morgan fingerprint density at radius 1 is 1.22 bits per heavy atom. The van der Waals surface area contributed by atoms with Gasteiger partial charge in [-0.1, -0.05) is 6.07 Å². The average molecular weight is 242 g/mol. The van der Waals surface area contributed by atoms with E-state index >= 15 is 0 Å². The summed E-state index contributed by atoms with van der Waals surface area (Å²) in [6.07, 6.45) is 3.54. The van der Waals surface area contributed by atoms with Gasteiger partial charge in [0.1, 0.15) is 5.65 Å². The van der Waals surface area contributed by atoms with Gasteiger partial charge in [0.15, 0.2) is 5.82 Å². The number of nitrogen functional groups attached to an aromatic ring is 1. The van der Waals surface area contributed by atoms with Crippen LogP contribution in [0.1, 0.15) is 0 Å². The molecule has 0 spiro atoms. The van der Waals surface area contributed by atoms with Gasteiger partial charge in [0.05, 0.1) is 12.8 Å². The molecule has 0 aliphatic carbocycles. The SMILES string of the molecule is COc1nc(N)nc(-c2cccc3nccn23)n1. The van der Waals surface area contributed by atoms with Crippen molar-refractivity contribution in [2.24, 2.45) is 0 Å². The summed E-state index contributed by atoms with van der Waals surface area (Å²) < 4.78 is 6.85. The fourth-order valence-corrected chi connectivity index (χ4v) is 1.71. The molecular formula is C11H10N6O. The number of fused-ring (bicyclic) bond motifs is 1. The number of hydrogen-bond acceptors (Lipinski definition) is 6. The highest BCUT2D eigenvalue weighted by atomic mass is 16.5. The van der Waals surface area contributed by atoms with Gasteiger partial charge in [-0.05, 0) is 12.1 Å². The van der Waals surface area contributed by atoms with E-state index in [-0.39, 0.29) is 12.0 Å². The summed E-state index contributed by atoms with van der Waals surface area (Å²) in [4.78, 5) is 16.3. The molecule has 0 aromatic carbocycles. The number of methoxy groups -OCH3 is 1. The second-order valence-corrected chi connectivity index (χ2v) is 3.57. The van der Waals surface area contributed by atoms with Gasteiger partial charge < -0.3 is 10.5 Å². The number of rotatable bonds is 2.